The molecular formula is C34H37NO3. The van der Waals surface area contributed by atoms with E-state index in [2.05, 4.69) is 50.4 Å². The molecule has 38 heavy (non-hydrogen) atoms. The molecule has 4 heteroatoms. The number of nitrogens with one attached hydrogen (secondary N) is 1. The van der Waals surface area contributed by atoms with Gasteiger partial charge in [-0.25, -0.2) is 4.79 Å². The van der Waals surface area contributed by atoms with E-state index in [1.165, 1.54) is 40.7 Å². The summed E-state index contributed by atoms with van der Waals surface area (Å²) in [5.41, 5.74) is 9.16. The maximum absolute atomic E-state index is 13.0. The lowest BCUT2D eigenvalue weighted by Crippen LogP contribution is -2.32. The molecule has 2 unspecified atom stereocenters. The molecule has 2 N–H and O–H groups in total. The van der Waals surface area contributed by atoms with Gasteiger partial charge in [0, 0.05) is 11.6 Å². The largest absolute Gasteiger partial charge is 0.478 e. The summed E-state index contributed by atoms with van der Waals surface area (Å²) in [7, 11) is 0. The Balaban J connectivity index is 1.37. The molecule has 5 rings (SSSR count). The molecule has 0 bridgehead atoms. The van der Waals surface area contributed by atoms with Gasteiger partial charge in [0.05, 0.1) is 5.56 Å². The minimum atomic E-state index is -0.910. The first-order chi connectivity index (χ1) is 18.3. The van der Waals surface area contributed by atoms with E-state index >= 15 is 0 Å². The molecule has 0 spiro atoms. The number of fused-ring (bicyclic) bond motifs is 1. The molecule has 2 atom stereocenters. The van der Waals surface area contributed by atoms with Crippen LogP contribution in [0, 0.1) is 5.92 Å². The van der Waals surface area contributed by atoms with E-state index in [9.17, 15) is 14.7 Å². The van der Waals surface area contributed by atoms with Crippen LogP contribution in [0.15, 0.2) is 72.3 Å². The molecule has 1 fully saturated rings. The lowest BCUT2D eigenvalue weighted by atomic mass is 9.80. The van der Waals surface area contributed by atoms with E-state index in [0.29, 0.717) is 23.4 Å². The number of benzene rings is 3. The number of aromatic carboxylic acids is 1. The Kier molecular flexibility index (Phi) is 7.51. The maximum atomic E-state index is 13.0. The van der Waals surface area contributed by atoms with Crippen molar-refractivity contribution in [2.24, 2.45) is 5.92 Å². The second kappa shape index (κ2) is 11.0. The predicted molar refractivity (Wildman–Crippen MR) is 153 cm³/mol. The number of amides is 1. The molecule has 196 valence electrons. The van der Waals surface area contributed by atoms with Gasteiger partial charge in [-0.1, -0.05) is 73.9 Å². The first-order valence-electron chi connectivity index (χ1n) is 13.8. The van der Waals surface area contributed by atoms with Gasteiger partial charge in [-0.05, 0) is 103 Å². The number of hydrogen-bond donors (Lipinski definition) is 2. The third-order valence-electron chi connectivity index (χ3n) is 8.74. The van der Waals surface area contributed by atoms with Crippen LogP contribution in [0.3, 0.4) is 0 Å². The summed E-state index contributed by atoms with van der Waals surface area (Å²) >= 11 is 0. The lowest BCUT2D eigenvalue weighted by Gasteiger charge is -2.24. The molecule has 0 aliphatic heterocycles. The second-order valence-electron chi connectivity index (χ2n) is 11.2. The molecular weight excluding hydrogens is 470 g/mol. The van der Waals surface area contributed by atoms with Crippen molar-refractivity contribution in [3.05, 3.63) is 100 Å². The lowest BCUT2D eigenvalue weighted by molar-refractivity contribution is 0.0697. The fourth-order valence-corrected chi connectivity index (χ4v) is 6.26. The summed E-state index contributed by atoms with van der Waals surface area (Å²) in [6.45, 7) is 6.73. The number of hydrogen-bond acceptors (Lipinski definition) is 2. The van der Waals surface area contributed by atoms with Crippen LogP contribution in [0.2, 0.25) is 0 Å². The molecule has 3 aromatic rings. The number of carboxylic acids is 1. The molecule has 3 aromatic carbocycles. The average Bonchev–Trinajstić information content (AvgIpc) is 3.42. The normalized spacial score (nSPS) is 19.7. The zero-order chi connectivity index (χ0) is 26.8. The van der Waals surface area contributed by atoms with Crippen molar-refractivity contribution in [3.8, 4) is 11.1 Å². The molecule has 4 nitrogen and oxygen atoms in total. The van der Waals surface area contributed by atoms with Gasteiger partial charge >= 0.3 is 5.97 Å². The van der Waals surface area contributed by atoms with Crippen molar-refractivity contribution in [2.75, 3.05) is 0 Å². The fourth-order valence-electron chi connectivity index (χ4n) is 6.26. The maximum Gasteiger partial charge on any atom is 0.336 e. The molecule has 0 radical (unpaired) electrons. The van der Waals surface area contributed by atoms with Gasteiger partial charge in [0.2, 0.25) is 0 Å². The van der Waals surface area contributed by atoms with Crippen molar-refractivity contribution in [1.82, 2.24) is 5.32 Å². The summed E-state index contributed by atoms with van der Waals surface area (Å²) < 4.78 is 0. The minimum absolute atomic E-state index is 0.0446. The van der Waals surface area contributed by atoms with Crippen molar-refractivity contribution < 1.29 is 14.7 Å². The summed E-state index contributed by atoms with van der Waals surface area (Å²) in [5, 5.41) is 12.8. The van der Waals surface area contributed by atoms with Crippen molar-refractivity contribution in [2.45, 2.75) is 71.3 Å². The summed E-state index contributed by atoms with van der Waals surface area (Å²) in [5.74, 6) is -0.0890. The molecule has 0 heterocycles. The van der Waals surface area contributed by atoms with Gasteiger partial charge < -0.3 is 10.4 Å². The number of rotatable bonds is 6. The molecule has 1 saturated carbocycles. The molecule has 2 aliphatic rings. The van der Waals surface area contributed by atoms with Gasteiger partial charge in [-0.3, -0.25) is 4.79 Å². The highest BCUT2D eigenvalue weighted by atomic mass is 16.4. The van der Waals surface area contributed by atoms with Crippen LogP contribution in [-0.2, 0) is 6.42 Å². The van der Waals surface area contributed by atoms with Crippen LogP contribution in [0.25, 0.3) is 16.7 Å². The Labute approximate surface area is 225 Å². The average molecular weight is 508 g/mol. The van der Waals surface area contributed by atoms with Crippen molar-refractivity contribution in [1.29, 1.82) is 0 Å². The highest BCUT2D eigenvalue weighted by Gasteiger charge is 2.28. The Bertz CT molecular complexity index is 1380. The quantitative estimate of drug-likeness (QED) is 0.357. The molecule has 0 aromatic heterocycles. The minimum Gasteiger partial charge on any atom is -0.478 e. The molecule has 0 saturated heterocycles. The Morgan fingerprint density at radius 3 is 2.34 bits per heavy atom. The first-order valence-corrected chi connectivity index (χ1v) is 13.8. The van der Waals surface area contributed by atoms with Crippen LogP contribution in [-0.4, -0.2) is 23.0 Å². The highest BCUT2D eigenvalue weighted by Crippen LogP contribution is 2.41. The Hall–Kier alpha value is -3.66. The fraction of sp³-hybridized carbons (Fsp3) is 0.353. The summed E-state index contributed by atoms with van der Waals surface area (Å²) in [4.78, 5) is 24.6. The third-order valence-corrected chi connectivity index (χ3v) is 8.74. The van der Waals surface area contributed by atoms with Crippen LogP contribution in [0.1, 0.15) is 96.2 Å². The van der Waals surface area contributed by atoms with Gasteiger partial charge in [0.1, 0.15) is 0 Å². The van der Waals surface area contributed by atoms with E-state index in [1.807, 2.05) is 30.3 Å². The SMILES string of the molecule is CC1=C(C)c2cc(C(=O)NC3CCCC3)ccc2C(C)C(Cc2ccc(-c3ccccc3C(=O)O)cc2)C1. The van der Waals surface area contributed by atoms with E-state index < -0.39 is 5.97 Å². The second-order valence-corrected chi connectivity index (χ2v) is 11.2. The van der Waals surface area contributed by atoms with Gasteiger partial charge in [0.25, 0.3) is 5.91 Å². The van der Waals surface area contributed by atoms with E-state index in [4.69, 9.17) is 0 Å². The van der Waals surface area contributed by atoms with E-state index in [1.54, 1.807) is 12.1 Å². The first kappa shape index (κ1) is 26.0. The van der Waals surface area contributed by atoms with Crippen molar-refractivity contribution >= 4 is 17.4 Å². The van der Waals surface area contributed by atoms with E-state index in [0.717, 1.165) is 42.4 Å². The number of carbonyl (C=O) groups excluding carboxylic acids is 1. The molecule has 1 amide bonds. The predicted octanol–water partition coefficient (Wildman–Crippen LogP) is 7.88. The number of carbonyl (C=O) groups is 2. The van der Waals surface area contributed by atoms with Crippen LogP contribution in [0.5, 0.6) is 0 Å². The highest BCUT2D eigenvalue weighted by molar-refractivity contribution is 5.96. The number of allylic oxidation sites excluding steroid dienone is 2. The third kappa shape index (κ3) is 5.31. The zero-order valence-corrected chi connectivity index (χ0v) is 22.6. The Morgan fingerprint density at radius 2 is 1.63 bits per heavy atom. The monoisotopic (exact) mass is 507 g/mol. The Morgan fingerprint density at radius 1 is 0.921 bits per heavy atom. The van der Waals surface area contributed by atoms with E-state index in [-0.39, 0.29) is 5.91 Å². The van der Waals surface area contributed by atoms with Gasteiger partial charge in [-0.2, -0.15) is 0 Å². The number of carboxylic acid groups (broad SMARTS) is 1. The van der Waals surface area contributed by atoms with Crippen LogP contribution < -0.4 is 5.32 Å². The van der Waals surface area contributed by atoms with Gasteiger partial charge in [-0.15, -0.1) is 0 Å². The zero-order valence-electron chi connectivity index (χ0n) is 22.6. The standard InChI is InChI=1S/C34H37NO3/c1-21-18-27(19-24-12-14-25(15-13-24)30-10-6-7-11-31(30)34(37)38)23(3)29-17-16-26(20-32(29)22(21)2)33(36)35-28-8-4-5-9-28/h6-7,10-17,20,23,27-28H,4-5,8-9,18-19H2,1-3H3,(H,35,36)(H,37,38). The topological polar surface area (TPSA) is 66.4 Å². The van der Waals surface area contributed by atoms with Gasteiger partial charge in [0.15, 0.2) is 0 Å². The van der Waals surface area contributed by atoms with Crippen LogP contribution in [0.4, 0.5) is 0 Å². The molecule has 2 aliphatic carbocycles. The smallest absolute Gasteiger partial charge is 0.336 e. The summed E-state index contributed by atoms with van der Waals surface area (Å²) in [6, 6.07) is 22.1. The van der Waals surface area contributed by atoms with Crippen molar-refractivity contribution in [3.63, 3.8) is 0 Å². The van der Waals surface area contributed by atoms with Crippen LogP contribution >= 0.6 is 0 Å². The summed E-state index contributed by atoms with van der Waals surface area (Å²) in [6.07, 6.45) is 6.52.